The Morgan fingerprint density at radius 3 is 2.36 bits per heavy atom. The predicted molar refractivity (Wildman–Crippen MR) is 81.5 cm³/mol. The minimum absolute atomic E-state index is 0.289. The number of alkyl halides is 3. The highest BCUT2D eigenvalue weighted by atomic mass is 19.4. The van der Waals surface area contributed by atoms with Gasteiger partial charge in [-0.15, -0.1) is 0 Å². The molecule has 0 bridgehead atoms. The van der Waals surface area contributed by atoms with Crippen molar-refractivity contribution in [3.63, 3.8) is 0 Å². The molecule has 2 fully saturated rings. The normalized spacial score (nSPS) is 24.5. The first-order chi connectivity index (χ1) is 11.7. The van der Waals surface area contributed by atoms with Crippen LogP contribution in [-0.4, -0.2) is 53.6 Å². The van der Waals surface area contributed by atoms with Gasteiger partial charge >= 0.3 is 12.1 Å². The molecule has 0 spiro atoms. The number of halogens is 3. The maximum absolute atomic E-state index is 13.1. The lowest BCUT2D eigenvalue weighted by molar-refractivity contribution is -0.227. The van der Waals surface area contributed by atoms with Gasteiger partial charge in [0.2, 0.25) is 11.8 Å². The van der Waals surface area contributed by atoms with E-state index in [-0.39, 0.29) is 12.5 Å². The number of amides is 2. The van der Waals surface area contributed by atoms with E-state index in [0.29, 0.717) is 12.3 Å². The van der Waals surface area contributed by atoms with Crippen LogP contribution in [0.5, 0.6) is 0 Å². The molecule has 0 aromatic heterocycles. The van der Waals surface area contributed by atoms with Crippen LogP contribution < -0.4 is 5.32 Å². The summed E-state index contributed by atoms with van der Waals surface area (Å²) in [6.45, 7) is -1.61. The van der Waals surface area contributed by atoms with E-state index in [9.17, 15) is 27.6 Å². The Labute approximate surface area is 143 Å². The molecule has 0 aromatic rings. The molecule has 142 valence electrons. The van der Waals surface area contributed by atoms with Crippen LogP contribution in [0.1, 0.15) is 44.9 Å². The van der Waals surface area contributed by atoms with Crippen LogP contribution in [0, 0.1) is 11.3 Å². The van der Waals surface area contributed by atoms with Crippen molar-refractivity contribution < 1.29 is 32.7 Å². The van der Waals surface area contributed by atoms with Crippen molar-refractivity contribution in [1.82, 2.24) is 10.2 Å². The van der Waals surface area contributed by atoms with Crippen LogP contribution in [-0.2, 0) is 14.4 Å². The van der Waals surface area contributed by atoms with Crippen molar-refractivity contribution in [2.24, 2.45) is 11.3 Å². The fraction of sp³-hybridized carbons (Fsp3) is 0.812. The van der Waals surface area contributed by atoms with Gasteiger partial charge in [-0.3, -0.25) is 14.4 Å². The summed E-state index contributed by atoms with van der Waals surface area (Å²) in [4.78, 5) is 35.7. The molecule has 0 aromatic carbocycles. The standard InChI is InChI=1S/C16H23F3N2O4/c17-16(18,19)15(14(24)25)7-8-21(10-15)13(23)9-20-12(22)6-5-11-3-1-2-4-11/h11H,1-10H2,(H,20,22)(H,24,25). The van der Waals surface area contributed by atoms with Gasteiger partial charge in [0.05, 0.1) is 6.54 Å². The third kappa shape index (κ3) is 4.43. The maximum atomic E-state index is 13.1. The van der Waals surface area contributed by atoms with Gasteiger partial charge in [-0.25, -0.2) is 0 Å². The molecule has 2 N–H and O–H groups in total. The Bertz CT molecular complexity index is 532. The van der Waals surface area contributed by atoms with Crippen LogP contribution in [0.15, 0.2) is 0 Å². The molecule has 1 saturated carbocycles. The molecule has 1 aliphatic carbocycles. The summed E-state index contributed by atoms with van der Waals surface area (Å²) in [5, 5.41) is 11.4. The lowest BCUT2D eigenvalue weighted by Gasteiger charge is -2.27. The number of rotatable bonds is 6. The molecule has 2 aliphatic rings. The van der Waals surface area contributed by atoms with Crippen LogP contribution in [0.2, 0.25) is 0 Å². The van der Waals surface area contributed by atoms with E-state index < -0.39 is 43.0 Å². The molecular weight excluding hydrogens is 341 g/mol. The van der Waals surface area contributed by atoms with Crippen LogP contribution in [0.3, 0.4) is 0 Å². The number of nitrogens with zero attached hydrogens (tertiary/aromatic N) is 1. The minimum Gasteiger partial charge on any atom is -0.481 e. The zero-order valence-corrected chi connectivity index (χ0v) is 13.9. The SMILES string of the molecule is O=C(CCC1CCCC1)NCC(=O)N1CCC(C(=O)O)(C(F)(F)F)C1. The number of carboxylic acid groups (broad SMARTS) is 1. The lowest BCUT2D eigenvalue weighted by atomic mass is 9.86. The average Bonchev–Trinajstić information content (AvgIpc) is 3.19. The van der Waals surface area contributed by atoms with Gasteiger partial charge in [0.15, 0.2) is 5.41 Å². The van der Waals surface area contributed by atoms with E-state index in [0.717, 1.165) is 24.2 Å². The van der Waals surface area contributed by atoms with Crippen molar-refractivity contribution in [2.75, 3.05) is 19.6 Å². The van der Waals surface area contributed by atoms with E-state index in [2.05, 4.69) is 5.32 Å². The summed E-state index contributed by atoms with van der Waals surface area (Å²) in [6, 6.07) is 0. The molecule has 6 nitrogen and oxygen atoms in total. The second-order valence-electron chi connectivity index (χ2n) is 6.92. The molecule has 1 atom stereocenters. The lowest BCUT2D eigenvalue weighted by Crippen LogP contribution is -2.48. The van der Waals surface area contributed by atoms with Gasteiger partial charge in [0.25, 0.3) is 0 Å². The first kappa shape index (κ1) is 19.5. The van der Waals surface area contributed by atoms with Crippen LogP contribution in [0.4, 0.5) is 13.2 Å². The molecule has 2 amide bonds. The van der Waals surface area contributed by atoms with Crippen molar-refractivity contribution in [1.29, 1.82) is 0 Å². The molecule has 9 heteroatoms. The highest BCUT2D eigenvalue weighted by molar-refractivity contribution is 5.86. The first-order valence-corrected chi connectivity index (χ1v) is 8.50. The molecule has 1 aliphatic heterocycles. The van der Waals surface area contributed by atoms with E-state index in [1.54, 1.807) is 0 Å². The van der Waals surface area contributed by atoms with Gasteiger partial charge in [-0.05, 0) is 18.8 Å². The molecule has 1 heterocycles. The Morgan fingerprint density at radius 1 is 1.20 bits per heavy atom. The highest BCUT2D eigenvalue weighted by Gasteiger charge is 2.64. The van der Waals surface area contributed by atoms with E-state index >= 15 is 0 Å². The Hall–Kier alpha value is -1.80. The molecule has 1 saturated heterocycles. The fourth-order valence-corrected chi connectivity index (χ4v) is 3.56. The Balaban J connectivity index is 1.79. The summed E-state index contributed by atoms with van der Waals surface area (Å²) in [7, 11) is 0. The first-order valence-electron chi connectivity index (χ1n) is 8.50. The van der Waals surface area contributed by atoms with Crippen molar-refractivity contribution in [2.45, 2.75) is 51.1 Å². The number of aliphatic carboxylic acids is 1. The van der Waals surface area contributed by atoms with E-state index in [4.69, 9.17) is 5.11 Å². The van der Waals surface area contributed by atoms with Crippen molar-refractivity contribution in [3.8, 4) is 0 Å². The second-order valence-corrected chi connectivity index (χ2v) is 6.92. The quantitative estimate of drug-likeness (QED) is 0.754. The summed E-state index contributed by atoms with van der Waals surface area (Å²) >= 11 is 0. The largest absolute Gasteiger partial charge is 0.481 e. The third-order valence-corrected chi connectivity index (χ3v) is 5.27. The summed E-state index contributed by atoms with van der Waals surface area (Å²) in [6.07, 6.45) is -0.0109. The number of hydrogen-bond acceptors (Lipinski definition) is 3. The van der Waals surface area contributed by atoms with Crippen LogP contribution in [0.25, 0.3) is 0 Å². The van der Waals surface area contributed by atoms with Gasteiger partial charge in [-0.1, -0.05) is 25.7 Å². The van der Waals surface area contributed by atoms with Crippen LogP contribution >= 0.6 is 0 Å². The van der Waals surface area contributed by atoms with Gasteiger partial charge in [-0.2, -0.15) is 13.2 Å². The number of nitrogens with one attached hydrogen (secondary N) is 1. The van der Waals surface area contributed by atoms with E-state index in [1.807, 2.05) is 0 Å². The zero-order chi connectivity index (χ0) is 18.7. The third-order valence-electron chi connectivity index (χ3n) is 5.27. The molecule has 2 rings (SSSR count). The molecular formula is C16H23F3N2O4. The number of hydrogen-bond donors (Lipinski definition) is 2. The molecule has 25 heavy (non-hydrogen) atoms. The Morgan fingerprint density at radius 2 is 1.84 bits per heavy atom. The predicted octanol–water partition coefficient (Wildman–Crippen LogP) is 1.94. The molecule has 0 radical (unpaired) electrons. The average molecular weight is 364 g/mol. The highest BCUT2D eigenvalue weighted by Crippen LogP contribution is 2.45. The monoisotopic (exact) mass is 364 g/mol. The van der Waals surface area contributed by atoms with Gasteiger partial charge in [0, 0.05) is 19.5 Å². The van der Waals surface area contributed by atoms with E-state index in [1.165, 1.54) is 12.8 Å². The smallest absolute Gasteiger partial charge is 0.406 e. The summed E-state index contributed by atoms with van der Waals surface area (Å²) in [5.74, 6) is -2.44. The Kier molecular flexibility index (Phi) is 5.95. The fourth-order valence-electron chi connectivity index (χ4n) is 3.56. The molecule has 1 unspecified atom stereocenters. The number of carbonyl (C=O) groups excluding carboxylic acids is 2. The number of carbonyl (C=O) groups is 3. The summed E-state index contributed by atoms with van der Waals surface area (Å²) in [5.41, 5.74) is -2.92. The minimum atomic E-state index is -4.93. The second kappa shape index (κ2) is 7.61. The number of carboxylic acids is 1. The van der Waals surface area contributed by atoms with Crippen molar-refractivity contribution >= 4 is 17.8 Å². The number of likely N-dealkylation sites (tertiary alicyclic amines) is 1. The van der Waals surface area contributed by atoms with Gasteiger partial charge in [0.1, 0.15) is 0 Å². The topological polar surface area (TPSA) is 86.7 Å². The zero-order valence-electron chi connectivity index (χ0n) is 13.9. The van der Waals surface area contributed by atoms with Crippen molar-refractivity contribution in [3.05, 3.63) is 0 Å². The maximum Gasteiger partial charge on any atom is 0.406 e. The van der Waals surface area contributed by atoms with Gasteiger partial charge < -0.3 is 15.3 Å². The summed E-state index contributed by atoms with van der Waals surface area (Å²) < 4.78 is 39.2.